The Morgan fingerprint density at radius 1 is 1.32 bits per heavy atom. The maximum atomic E-state index is 12.8. The molecule has 6 heteroatoms. The van der Waals surface area contributed by atoms with Gasteiger partial charge >= 0.3 is 6.18 Å². The minimum atomic E-state index is -4.08. The van der Waals surface area contributed by atoms with Gasteiger partial charge in [0.1, 0.15) is 0 Å². The number of hydrogen-bond donors (Lipinski definition) is 2. The Kier molecular flexibility index (Phi) is 5.56. The highest BCUT2D eigenvalue weighted by atomic mass is 19.4. The molecule has 1 aromatic rings. The number of hydrogen-bond acceptors (Lipinski definition) is 3. The van der Waals surface area contributed by atoms with Crippen LogP contribution in [0.2, 0.25) is 0 Å². The topological polar surface area (TPSA) is 41.5 Å². The first kappa shape index (κ1) is 16.9. The predicted octanol–water partition coefficient (Wildman–Crippen LogP) is 3.65. The number of halogens is 3. The second kappa shape index (κ2) is 7.22. The van der Waals surface area contributed by atoms with E-state index in [4.69, 9.17) is 4.74 Å². The molecule has 2 N–H and O–H groups in total. The Bertz CT molecular complexity index is 491. The van der Waals surface area contributed by atoms with Gasteiger partial charge in [-0.2, -0.15) is 13.2 Å². The van der Waals surface area contributed by atoms with E-state index < -0.39 is 12.1 Å². The molecule has 0 heterocycles. The number of nitrogens with one attached hydrogen (secondary N) is 1. The molecule has 0 radical (unpaired) electrons. The second-order valence-corrected chi connectivity index (χ2v) is 5.81. The van der Waals surface area contributed by atoms with Gasteiger partial charge in [0.15, 0.2) is 11.5 Å². The van der Waals surface area contributed by atoms with E-state index in [9.17, 15) is 18.3 Å². The zero-order valence-corrected chi connectivity index (χ0v) is 12.6. The minimum absolute atomic E-state index is 0.0700. The van der Waals surface area contributed by atoms with Crippen molar-refractivity contribution in [1.29, 1.82) is 0 Å². The van der Waals surface area contributed by atoms with Crippen molar-refractivity contribution in [2.45, 2.75) is 44.3 Å². The largest absolute Gasteiger partial charge is 0.504 e. The highest BCUT2D eigenvalue weighted by molar-refractivity contribution is 5.41. The molecular weight excluding hydrogens is 295 g/mol. The Labute approximate surface area is 128 Å². The van der Waals surface area contributed by atoms with Crippen LogP contribution >= 0.6 is 0 Å². The molecule has 1 saturated carbocycles. The number of methoxy groups -OCH3 is 1. The van der Waals surface area contributed by atoms with Crippen LogP contribution < -0.4 is 10.1 Å². The monoisotopic (exact) mass is 317 g/mol. The van der Waals surface area contributed by atoms with Gasteiger partial charge in [0.25, 0.3) is 0 Å². The molecular formula is C16H22F3NO2. The van der Waals surface area contributed by atoms with E-state index in [0.29, 0.717) is 25.1 Å². The van der Waals surface area contributed by atoms with Crippen molar-refractivity contribution < 1.29 is 23.0 Å². The van der Waals surface area contributed by atoms with Crippen molar-refractivity contribution in [2.75, 3.05) is 13.7 Å². The summed E-state index contributed by atoms with van der Waals surface area (Å²) in [7, 11) is 1.48. The molecule has 0 saturated heterocycles. The Balaban J connectivity index is 1.81. The van der Waals surface area contributed by atoms with E-state index in [1.807, 2.05) is 0 Å². The van der Waals surface area contributed by atoms with Crippen LogP contribution in [0.3, 0.4) is 0 Å². The first-order chi connectivity index (χ1) is 10.4. The van der Waals surface area contributed by atoms with E-state index in [0.717, 1.165) is 12.0 Å². The van der Waals surface area contributed by atoms with Crippen molar-refractivity contribution in [2.24, 2.45) is 5.92 Å². The summed E-state index contributed by atoms with van der Waals surface area (Å²) in [6.07, 6.45) is -1.56. The lowest BCUT2D eigenvalue weighted by atomic mass is 9.85. The van der Waals surface area contributed by atoms with Crippen molar-refractivity contribution in [3.8, 4) is 11.5 Å². The van der Waals surface area contributed by atoms with E-state index in [2.05, 4.69) is 5.32 Å². The molecule has 0 aliphatic heterocycles. The third-order valence-electron chi connectivity index (χ3n) is 4.23. The number of ether oxygens (including phenoxy) is 1. The van der Waals surface area contributed by atoms with Gasteiger partial charge in [-0.1, -0.05) is 12.5 Å². The summed E-state index contributed by atoms with van der Waals surface area (Å²) in [5.74, 6) is -0.681. The zero-order chi connectivity index (χ0) is 16.2. The van der Waals surface area contributed by atoms with E-state index in [1.54, 1.807) is 18.2 Å². The number of alkyl halides is 3. The van der Waals surface area contributed by atoms with E-state index >= 15 is 0 Å². The van der Waals surface area contributed by atoms with Crippen molar-refractivity contribution in [3.05, 3.63) is 23.8 Å². The molecule has 2 atom stereocenters. The van der Waals surface area contributed by atoms with Crippen molar-refractivity contribution >= 4 is 0 Å². The van der Waals surface area contributed by atoms with Gasteiger partial charge in [-0.3, -0.25) is 0 Å². The molecule has 3 nitrogen and oxygen atoms in total. The Morgan fingerprint density at radius 2 is 2.09 bits per heavy atom. The van der Waals surface area contributed by atoms with Crippen LogP contribution in [0.4, 0.5) is 13.2 Å². The average Bonchev–Trinajstić information content (AvgIpc) is 2.48. The molecule has 124 valence electrons. The third-order valence-corrected chi connectivity index (χ3v) is 4.23. The quantitative estimate of drug-likeness (QED) is 0.871. The van der Waals surface area contributed by atoms with Gasteiger partial charge in [-0.15, -0.1) is 0 Å². The fourth-order valence-electron chi connectivity index (χ4n) is 2.97. The average molecular weight is 317 g/mol. The Hall–Kier alpha value is -1.43. The number of benzene rings is 1. The summed E-state index contributed by atoms with van der Waals surface area (Å²) < 4.78 is 43.3. The normalized spacial score (nSPS) is 22.5. The smallest absolute Gasteiger partial charge is 0.391 e. The second-order valence-electron chi connectivity index (χ2n) is 5.81. The van der Waals surface area contributed by atoms with Gasteiger partial charge in [-0.25, -0.2) is 0 Å². The first-order valence-electron chi connectivity index (χ1n) is 7.56. The van der Waals surface area contributed by atoms with Crippen molar-refractivity contribution in [1.82, 2.24) is 5.32 Å². The lowest BCUT2D eigenvalue weighted by molar-refractivity contribution is -0.183. The standard InChI is InChI=1S/C16H22F3NO2/c1-22-15-9-11(5-6-14(15)21)7-8-20-13-4-2-3-12(10-13)16(17,18)19/h5-6,9,12-13,20-21H,2-4,7-8,10H2,1H3/t12-,13+/m0/s1. The van der Waals surface area contributed by atoms with Gasteiger partial charge in [-0.05, 0) is 49.9 Å². The fourth-order valence-corrected chi connectivity index (χ4v) is 2.97. The summed E-state index contributed by atoms with van der Waals surface area (Å²) in [5, 5.41) is 12.7. The summed E-state index contributed by atoms with van der Waals surface area (Å²) in [4.78, 5) is 0. The van der Waals surface area contributed by atoms with Crippen LogP contribution in [0.1, 0.15) is 31.2 Å². The van der Waals surface area contributed by atoms with Crippen LogP contribution in [0.5, 0.6) is 11.5 Å². The minimum Gasteiger partial charge on any atom is -0.504 e. The lowest BCUT2D eigenvalue weighted by Gasteiger charge is -2.31. The van der Waals surface area contributed by atoms with Crippen LogP contribution in [-0.2, 0) is 6.42 Å². The molecule has 1 fully saturated rings. The molecule has 0 unspecified atom stereocenters. The van der Waals surface area contributed by atoms with Crippen LogP contribution in [0, 0.1) is 5.92 Å². The van der Waals surface area contributed by atoms with Gasteiger partial charge < -0.3 is 15.2 Å². The molecule has 0 aromatic heterocycles. The SMILES string of the molecule is COc1cc(CCN[C@@H]2CCC[C@H](C(F)(F)F)C2)ccc1O. The molecule has 22 heavy (non-hydrogen) atoms. The van der Waals surface area contributed by atoms with Gasteiger partial charge in [0.2, 0.25) is 0 Å². The zero-order valence-electron chi connectivity index (χ0n) is 12.6. The fraction of sp³-hybridized carbons (Fsp3) is 0.625. The third kappa shape index (κ3) is 4.53. The highest BCUT2D eigenvalue weighted by Gasteiger charge is 2.41. The van der Waals surface area contributed by atoms with Crippen molar-refractivity contribution in [3.63, 3.8) is 0 Å². The predicted molar refractivity (Wildman–Crippen MR) is 78.2 cm³/mol. The molecule has 2 rings (SSSR count). The Morgan fingerprint density at radius 3 is 2.77 bits per heavy atom. The lowest BCUT2D eigenvalue weighted by Crippen LogP contribution is -2.39. The molecule has 1 aliphatic carbocycles. The molecule has 0 amide bonds. The van der Waals surface area contributed by atoms with Gasteiger partial charge in [0, 0.05) is 6.04 Å². The van der Waals surface area contributed by atoms with E-state index in [-0.39, 0.29) is 24.6 Å². The molecule has 1 aromatic carbocycles. The summed E-state index contributed by atoms with van der Waals surface area (Å²) in [6, 6.07) is 5.03. The maximum Gasteiger partial charge on any atom is 0.391 e. The molecule has 1 aliphatic rings. The molecule has 0 spiro atoms. The highest BCUT2D eigenvalue weighted by Crippen LogP contribution is 2.37. The summed E-state index contributed by atoms with van der Waals surface area (Å²) in [6.45, 7) is 0.614. The number of phenols is 1. The summed E-state index contributed by atoms with van der Waals surface area (Å²) >= 11 is 0. The summed E-state index contributed by atoms with van der Waals surface area (Å²) in [5.41, 5.74) is 0.977. The number of rotatable bonds is 5. The number of phenolic OH excluding ortho intramolecular Hbond substituents is 1. The van der Waals surface area contributed by atoms with Gasteiger partial charge in [0.05, 0.1) is 13.0 Å². The van der Waals surface area contributed by atoms with Crippen LogP contribution in [0.25, 0.3) is 0 Å². The van der Waals surface area contributed by atoms with Crippen LogP contribution in [0.15, 0.2) is 18.2 Å². The van der Waals surface area contributed by atoms with Crippen LogP contribution in [-0.4, -0.2) is 31.0 Å². The number of aromatic hydroxyl groups is 1. The van der Waals surface area contributed by atoms with E-state index in [1.165, 1.54) is 7.11 Å². The first-order valence-corrected chi connectivity index (χ1v) is 7.56. The maximum absolute atomic E-state index is 12.8. The molecule has 0 bridgehead atoms.